The third-order valence-electron chi connectivity index (χ3n) is 17.0. The lowest BCUT2D eigenvalue weighted by Gasteiger charge is -2.46. The molecule has 20 nitrogen and oxygen atoms in total. The molecular formula is C70H80Cl4F2N12O8. The summed E-state index contributed by atoms with van der Waals surface area (Å²) in [5, 5.41) is 13.9. The number of rotatable bonds is 11. The third kappa shape index (κ3) is 14.0. The minimum absolute atomic E-state index is 0.0244. The molecule has 2 aromatic carbocycles. The van der Waals surface area contributed by atoms with Crippen LogP contribution in [-0.4, -0.2) is 129 Å². The van der Waals surface area contributed by atoms with Crippen LogP contribution in [0.15, 0.2) is 82.6 Å². The lowest BCUT2D eigenvalue weighted by atomic mass is 10.0. The van der Waals surface area contributed by atoms with Gasteiger partial charge in [-0.2, -0.15) is 0 Å². The highest BCUT2D eigenvalue weighted by atomic mass is 35.5. The van der Waals surface area contributed by atoms with Gasteiger partial charge in [-0.15, -0.1) is 23.2 Å². The van der Waals surface area contributed by atoms with E-state index in [1.54, 1.807) is 107 Å². The summed E-state index contributed by atoms with van der Waals surface area (Å²) in [5.74, 6) is -1.20. The maximum absolute atomic E-state index is 15.4. The Labute approximate surface area is 576 Å². The molecule has 2 aliphatic heterocycles. The van der Waals surface area contributed by atoms with Crippen LogP contribution >= 0.6 is 46.4 Å². The van der Waals surface area contributed by atoms with E-state index in [4.69, 9.17) is 71.6 Å². The van der Waals surface area contributed by atoms with Gasteiger partial charge >= 0.3 is 23.4 Å². The quantitative estimate of drug-likeness (QED) is 0.0721. The number of anilines is 3. The number of benzene rings is 2. The molecule has 0 aliphatic carbocycles. The second-order valence-corrected chi connectivity index (χ2v) is 28.6. The maximum atomic E-state index is 15.4. The summed E-state index contributed by atoms with van der Waals surface area (Å²) < 4.78 is 44.7. The monoisotopic (exact) mass is 1390 g/mol. The Morgan fingerprint density at radius 1 is 0.625 bits per heavy atom. The highest BCUT2D eigenvalue weighted by Gasteiger charge is 2.43. The number of alkyl halides is 2. The van der Waals surface area contributed by atoms with Crippen molar-refractivity contribution >= 4 is 103 Å². The minimum atomic E-state index is -0.952. The number of hydrogen-bond donors (Lipinski definition) is 1. The number of nitro groups is 1. The number of halogens is 6. The normalized spacial score (nSPS) is 17.0. The van der Waals surface area contributed by atoms with Crippen molar-refractivity contribution in [3.8, 4) is 33.9 Å². The molecule has 510 valence electrons. The standard InChI is InChI=1S/C35H39Cl2FN6O5.C35H41Cl2FN6O3/c1-18(2)27-29(20(4)12-13-39-27)43-32-23(14-24(37)28(40-32)26-19(3)10-9-11-25(26)38)30(31(33(43)45)44(47)48)42-16-21(5)41(17-22(42)15-36)34(46)49-35(6,7)8;1-18(2)28-30(20(4)12-13-40-28)44-32-23(14-24(37)29(41-32)26-19(3)10-9-11-25(26)38)31(27(39)33(44)45)43-16-21(5)42(17-22(43)15-36)34(46)47-35(6,7)8/h9-14,18,21-22H,15-17H2,1-8H3;9-14,18,21-22H,15-17,39H2,1-8H3/t2*21-,22+/m11/s1. The predicted molar refractivity (Wildman–Crippen MR) is 378 cm³/mol. The fourth-order valence-corrected chi connectivity index (χ4v) is 13.6. The molecule has 10 rings (SSSR count). The second-order valence-electron chi connectivity index (χ2n) is 27.2. The van der Waals surface area contributed by atoms with Gasteiger partial charge in [-0.3, -0.25) is 38.8 Å². The summed E-state index contributed by atoms with van der Waals surface area (Å²) in [4.78, 5) is 93.7. The number of carbonyl (C=O) groups excluding carboxylic acids is 2. The van der Waals surface area contributed by atoms with E-state index in [9.17, 15) is 29.3 Å². The summed E-state index contributed by atoms with van der Waals surface area (Å²) >= 11 is 26.9. The van der Waals surface area contributed by atoms with Gasteiger partial charge in [0.1, 0.15) is 39.9 Å². The van der Waals surface area contributed by atoms with E-state index in [-0.39, 0.29) is 110 Å². The number of nitrogen functional groups attached to an aromatic ring is 1. The molecule has 2 amide bonds. The summed E-state index contributed by atoms with van der Waals surface area (Å²) in [5.41, 5.74) is 9.16. The second kappa shape index (κ2) is 28.1. The molecule has 2 N–H and O–H groups in total. The van der Waals surface area contributed by atoms with Gasteiger partial charge in [-0.25, -0.2) is 28.3 Å². The highest BCUT2D eigenvalue weighted by Crippen LogP contribution is 2.45. The van der Waals surface area contributed by atoms with Gasteiger partial charge in [0, 0.05) is 78.9 Å². The lowest BCUT2D eigenvalue weighted by molar-refractivity contribution is -0.385. The van der Waals surface area contributed by atoms with Crippen LogP contribution in [0, 0.1) is 49.4 Å². The first-order valence-corrected chi connectivity index (χ1v) is 33.4. The Kier molecular flexibility index (Phi) is 21.1. The molecule has 2 aliphatic rings. The summed E-state index contributed by atoms with van der Waals surface area (Å²) in [6, 6.07) is 14.1. The third-order valence-corrected chi connectivity index (χ3v) is 18.3. The van der Waals surface area contributed by atoms with E-state index in [2.05, 4.69) is 9.97 Å². The zero-order valence-corrected chi connectivity index (χ0v) is 59.7. The number of carbonyl (C=O) groups is 2. The predicted octanol–water partition coefficient (Wildman–Crippen LogP) is 15.6. The van der Waals surface area contributed by atoms with E-state index in [1.165, 1.54) is 32.2 Å². The van der Waals surface area contributed by atoms with Crippen molar-refractivity contribution in [1.29, 1.82) is 0 Å². The van der Waals surface area contributed by atoms with Crippen LogP contribution in [0.3, 0.4) is 0 Å². The summed E-state index contributed by atoms with van der Waals surface area (Å²) in [6.07, 6.45) is 2.32. The number of nitrogens with zero attached hydrogens (tertiary/aromatic N) is 11. The molecule has 0 bridgehead atoms. The first-order chi connectivity index (χ1) is 45.0. The molecule has 0 radical (unpaired) electrons. The zero-order valence-electron chi connectivity index (χ0n) is 56.7. The van der Waals surface area contributed by atoms with E-state index >= 15 is 8.78 Å². The molecule has 2 fully saturated rings. The number of ether oxygens (including phenoxy) is 2. The number of fused-ring (bicyclic) bond motifs is 2. The summed E-state index contributed by atoms with van der Waals surface area (Å²) in [7, 11) is 0. The van der Waals surface area contributed by atoms with Crippen LogP contribution in [0.1, 0.15) is 129 Å². The average Bonchev–Trinajstić information content (AvgIpc) is 0.728. The van der Waals surface area contributed by atoms with Crippen molar-refractivity contribution in [2.24, 2.45) is 0 Å². The van der Waals surface area contributed by atoms with Crippen molar-refractivity contribution in [2.75, 3.05) is 53.5 Å². The molecule has 0 unspecified atom stereocenters. The smallest absolute Gasteiger partial charge is 0.410 e. The van der Waals surface area contributed by atoms with Gasteiger partial charge < -0.3 is 34.8 Å². The van der Waals surface area contributed by atoms with Crippen LogP contribution in [0.5, 0.6) is 0 Å². The Hall–Kier alpha value is -8.18. The van der Waals surface area contributed by atoms with Crippen molar-refractivity contribution in [3.63, 3.8) is 0 Å². The number of nitrogens with two attached hydrogens (primary N) is 1. The molecular weight excluding hydrogens is 1320 g/mol. The van der Waals surface area contributed by atoms with E-state index < -0.39 is 74.9 Å². The number of aryl methyl sites for hydroxylation is 4. The molecule has 6 aromatic heterocycles. The molecule has 0 spiro atoms. The van der Waals surface area contributed by atoms with E-state index in [0.29, 0.717) is 57.1 Å². The number of pyridine rings is 6. The van der Waals surface area contributed by atoms with E-state index in [1.807, 2.05) is 73.3 Å². The Morgan fingerprint density at radius 2 is 1.01 bits per heavy atom. The zero-order chi connectivity index (χ0) is 70.6. The van der Waals surface area contributed by atoms with Crippen molar-refractivity contribution in [1.82, 2.24) is 38.9 Å². The molecule has 8 aromatic rings. The van der Waals surface area contributed by atoms with Crippen molar-refractivity contribution in [2.45, 2.75) is 158 Å². The number of hydrogen-bond acceptors (Lipinski definition) is 15. The van der Waals surface area contributed by atoms with Gasteiger partial charge in [-0.05, 0) is 154 Å². The van der Waals surface area contributed by atoms with Crippen LogP contribution in [0.25, 0.3) is 56.0 Å². The first kappa shape index (κ1) is 72.1. The largest absolute Gasteiger partial charge is 0.444 e. The topological polar surface area (TPSA) is 230 Å². The number of aromatic nitrogens is 6. The minimum Gasteiger partial charge on any atom is -0.444 e. The average molecular weight is 1400 g/mol. The fourth-order valence-electron chi connectivity index (χ4n) is 12.5. The number of piperazine rings is 2. The molecule has 26 heteroatoms. The van der Waals surface area contributed by atoms with Gasteiger partial charge in [0.05, 0.1) is 72.3 Å². The maximum Gasteiger partial charge on any atom is 0.410 e. The van der Waals surface area contributed by atoms with Crippen LogP contribution in [0.2, 0.25) is 10.0 Å². The van der Waals surface area contributed by atoms with E-state index in [0.717, 1.165) is 5.56 Å². The fraction of sp³-hybridized carbons (Fsp3) is 0.429. The lowest BCUT2D eigenvalue weighted by Crippen LogP contribution is -2.60. The summed E-state index contributed by atoms with van der Waals surface area (Å²) in [6.45, 7) is 30.0. The molecule has 96 heavy (non-hydrogen) atoms. The van der Waals surface area contributed by atoms with Gasteiger partial charge in [0.15, 0.2) is 5.65 Å². The molecule has 0 saturated carbocycles. The molecule has 4 atom stereocenters. The van der Waals surface area contributed by atoms with Crippen molar-refractivity contribution < 1.29 is 32.8 Å². The highest BCUT2D eigenvalue weighted by molar-refractivity contribution is 6.34. The van der Waals surface area contributed by atoms with Gasteiger partial charge in [-0.1, -0.05) is 75.2 Å². The number of amides is 2. The SMILES string of the molecule is Cc1cccc(F)c1-c1nc2c(cc1Cl)c(N1C[C@@H](C)N(C(=O)OC(C)(C)C)C[C@@H]1CCl)c(N)c(=O)n2-c1c(C)ccnc1C(C)C.Cc1cccc(F)c1-c1nc2c(cc1Cl)c(N1C[C@@H](C)N(C(=O)OC(C)(C)C)C[C@@H]1CCl)c([N+](=O)[O-])c(=O)n2-c1c(C)ccnc1C(C)C. The Bertz CT molecular complexity index is 4480. The van der Waals surface area contributed by atoms with Crippen LogP contribution in [-0.2, 0) is 9.47 Å². The molecule has 2 saturated heterocycles. The van der Waals surface area contributed by atoms with Crippen molar-refractivity contribution in [3.05, 3.63) is 159 Å². The Morgan fingerprint density at radius 3 is 1.38 bits per heavy atom. The van der Waals surface area contributed by atoms with Crippen LogP contribution in [0.4, 0.5) is 41.1 Å². The Balaban J connectivity index is 0.000000226. The first-order valence-electron chi connectivity index (χ1n) is 31.6. The van der Waals surface area contributed by atoms with Gasteiger partial charge in [0.25, 0.3) is 5.56 Å². The van der Waals surface area contributed by atoms with Crippen LogP contribution < -0.4 is 26.7 Å². The van der Waals surface area contributed by atoms with Gasteiger partial charge in [0.2, 0.25) is 0 Å². The molecule has 8 heterocycles.